The highest BCUT2D eigenvalue weighted by Crippen LogP contribution is 2.33. The first-order chi connectivity index (χ1) is 7.90. The van der Waals surface area contributed by atoms with Crippen LogP contribution >= 0.6 is 11.6 Å². The van der Waals surface area contributed by atoms with Crippen LogP contribution in [0, 0.1) is 0 Å². The molecule has 96 valence electrons. The van der Waals surface area contributed by atoms with Gasteiger partial charge in [0.1, 0.15) is 5.75 Å². The maximum Gasteiger partial charge on any atom is 0.122 e. The molecule has 0 fully saturated rings. The second-order valence-corrected chi connectivity index (χ2v) is 5.58. The van der Waals surface area contributed by atoms with Crippen LogP contribution in [0.25, 0.3) is 0 Å². The largest absolute Gasteiger partial charge is 0.496 e. The van der Waals surface area contributed by atoms with E-state index in [1.165, 1.54) is 0 Å². The van der Waals surface area contributed by atoms with Gasteiger partial charge in [0.25, 0.3) is 0 Å². The van der Waals surface area contributed by atoms with Crippen molar-refractivity contribution < 1.29 is 9.84 Å². The van der Waals surface area contributed by atoms with Gasteiger partial charge in [-0.05, 0) is 35.1 Å². The van der Waals surface area contributed by atoms with E-state index < -0.39 is 6.10 Å². The molecule has 0 bridgehead atoms. The summed E-state index contributed by atoms with van der Waals surface area (Å²) in [6.45, 7) is 6.38. The monoisotopic (exact) mass is 256 g/mol. The zero-order chi connectivity index (χ0) is 13.1. The van der Waals surface area contributed by atoms with Gasteiger partial charge < -0.3 is 9.84 Å². The molecule has 0 saturated carbocycles. The molecule has 1 aromatic carbocycles. The van der Waals surface area contributed by atoms with Crippen LogP contribution in [0.2, 0.25) is 0 Å². The Balaban J connectivity index is 3.13. The van der Waals surface area contributed by atoms with Crippen molar-refractivity contribution in [3.8, 4) is 5.75 Å². The Hall–Kier alpha value is -0.730. The van der Waals surface area contributed by atoms with Crippen LogP contribution in [0.1, 0.15) is 44.4 Å². The quantitative estimate of drug-likeness (QED) is 0.834. The molecule has 1 aromatic rings. The minimum atomic E-state index is -0.500. The molecule has 0 aromatic heterocycles. The molecular weight excluding hydrogens is 236 g/mol. The maximum absolute atomic E-state index is 9.95. The molecule has 0 saturated heterocycles. The number of benzene rings is 1. The summed E-state index contributed by atoms with van der Waals surface area (Å²) in [5, 5.41) is 9.95. The second-order valence-electron chi connectivity index (χ2n) is 5.20. The molecule has 1 unspecified atom stereocenters. The van der Waals surface area contributed by atoms with E-state index in [0.717, 1.165) is 16.9 Å². The lowest BCUT2D eigenvalue weighted by atomic mass is 9.84. The summed E-state index contributed by atoms with van der Waals surface area (Å²) >= 11 is 5.65. The average molecular weight is 257 g/mol. The first-order valence-corrected chi connectivity index (χ1v) is 6.36. The summed E-state index contributed by atoms with van der Waals surface area (Å²) in [7, 11) is 1.67. The Labute approximate surface area is 109 Å². The number of halogens is 1. The summed E-state index contributed by atoms with van der Waals surface area (Å²) in [5.74, 6) is 1.32. The van der Waals surface area contributed by atoms with Crippen molar-refractivity contribution in [1.29, 1.82) is 0 Å². The van der Waals surface area contributed by atoms with Gasteiger partial charge in [-0.2, -0.15) is 0 Å². The SMILES string of the molecule is COc1ccc(C(O)CCCl)cc1C(C)(C)C. The average Bonchev–Trinajstić information content (AvgIpc) is 2.27. The number of ether oxygens (including phenoxy) is 1. The van der Waals surface area contributed by atoms with Crippen LogP contribution in [0.4, 0.5) is 0 Å². The third kappa shape index (κ3) is 3.62. The Morgan fingerprint density at radius 1 is 1.35 bits per heavy atom. The summed E-state index contributed by atoms with van der Waals surface area (Å²) in [5.41, 5.74) is 1.99. The molecule has 3 heteroatoms. The number of methoxy groups -OCH3 is 1. The normalized spacial score (nSPS) is 13.5. The van der Waals surface area contributed by atoms with Crippen LogP contribution in [0.15, 0.2) is 18.2 Å². The van der Waals surface area contributed by atoms with Crippen molar-refractivity contribution in [3.63, 3.8) is 0 Å². The van der Waals surface area contributed by atoms with Gasteiger partial charge in [0, 0.05) is 5.88 Å². The van der Waals surface area contributed by atoms with Crippen molar-refractivity contribution in [2.75, 3.05) is 13.0 Å². The summed E-state index contributed by atoms with van der Waals surface area (Å²) in [4.78, 5) is 0. The van der Waals surface area contributed by atoms with Gasteiger partial charge in [-0.15, -0.1) is 11.6 Å². The van der Waals surface area contributed by atoms with Crippen LogP contribution < -0.4 is 4.74 Å². The van der Waals surface area contributed by atoms with Gasteiger partial charge in [-0.1, -0.05) is 26.8 Å². The number of alkyl halides is 1. The van der Waals surface area contributed by atoms with E-state index in [2.05, 4.69) is 20.8 Å². The highest BCUT2D eigenvalue weighted by molar-refractivity contribution is 6.17. The van der Waals surface area contributed by atoms with Crippen molar-refractivity contribution in [2.45, 2.75) is 38.7 Å². The number of aliphatic hydroxyl groups is 1. The lowest BCUT2D eigenvalue weighted by Crippen LogP contribution is -2.14. The third-order valence-electron chi connectivity index (χ3n) is 2.80. The summed E-state index contributed by atoms with van der Waals surface area (Å²) in [6.07, 6.45) is 0.0665. The molecule has 1 N–H and O–H groups in total. The highest BCUT2D eigenvalue weighted by Gasteiger charge is 2.20. The van der Waals surface area contributed by atoms with Crippen LogP contribution in [0.3, 0.4) is 0 Å². The van der Waals surface area contributed by atoms with Gasteiger partial charge in [-0.25, -0.2) is 0 Å². The smallest absolute Gasteiger partial charge is 0.122 e. The van der Waals surface area contributed by atoms with Gasteiger partial charge in [0.05, 0.1) is 13.2 Å². The Morgan fingerprint density at radius 3 is 2.47 bits per heavy atom. The fraction of sp³-hybridized carbons (Fsp3) is 0.571. The minimum Gasteiger partial charge on any atom is -0.496 e. The molecule has 0 heterocycles. The topological polar surface area (TPSA) is 29.5 Å². The summed E-state index contributed by atoms with van der Waals surface area (Å²) < 4.78 is 5.36. The van der Waals surface area contributed by atoms with E-state index in [-0.39, 0.29) is 5.41 Å². The number of hydrogen-bond acceptors (Lipinski definition) is 2. The van der Waals surface area contributed by atoms with Crippen LogP contribution in [-0.4, -0.2) is 18.1 Å². The predicted molar refractivity (Wildman–Crippen MR) is 72.0 cm³/mol. The van der Waals surface area contributed by atoms with Crippen LogP contribution in [-0.2, 0) is 5.41 Å². The fourth-order valence-corrected chi connectivity index (χ4v) is 2.00. The van der Waals surface area contributed by atoms with Crippen molar-refractivity contribution in [3.05, 3.63) is 29.3 Å². The molecule has 0 amide bonds. The zero-order valence-corrected chi connectivity index (χ0v) is 11.7. The van der Waals surface area contributed by atoms with Gasteiger partial charge in [-0.3, -0.25) is 0 Å². The lowest BCUT2D eigenvalue weighted by molar-refractivity contribution is 0.174. The lowest BCUT2D eigenvalue weighted by Gasteiger charge is -2.23. The van der Waals surface area contributed by atoms with Gasteiger partial charge in [0.2, 0.25) is 0 Å². The first kappa shape index (κ1) is 14.3. The van der Waals surface area contributed by atoms with Crippen molar-refractivity contribution in [1.82, 2.24) is 0 Å². The second kappa shape index (κ2) is 5.74. The highest BCUT2D eigenvalue weighted by atomic mass is 35.5. The predicted octanol–water partition coefficient (Wildman–Crippen LogP) is 3.66. The van der Waals surface area contributed by atoms with Crippen molar-refractivity contribution >= 4 is 11.6 Å². The van der Waals surface area contributed by atoms with E-state index in [9.17, 15) is 5.11 Å². The molecule has 1 rings (SSSR count). The third-order valence-corrected chi connectivity index (χ3v) is 3.02. The number of hydrogen-bond donors (Lipinski definition) is 1. The van der Waals surface area contributed by atoms with E-state index >= 15 is 0 Å². The van der Waals surface area contributed by atoms with Crippen LogP contribution in [0.5, 0.6) is 5.75 Å². The van der Waals surface area contributed by atoms with E-state index in [1.807, 2.05) is 18.2 Å². The molecular formula is C14H21ClO2. The molecule has 0 aliphatic rings. The molecule has 2 nitrogen and oxygen atoms in total. The first-order valence-electron chi connectivity index (χ1n) is 5.82. The molecule has 1 atom stereocenters. The molecule has 0 aliphatic carbocycles. The van der Waals surface area contributed by atoms with E-state index in [4.69, 9.17) is 16.3 Å². The molecule has 0 spiro atoms. The number of aliphatic hydroxyl groups excluding tert-OH is 1. The maximum atomic E-state index is 9.95. The standard InChI is InChI=1S/C14H21ClO2/c1-14(2,3)11-9-10(12(16)7-8-15)5-6-13(11)17-4/h5-6,9,12,16H,7-8H2,1-4H3. The molecule has 0 aliphatic heterocycles. The van der Waals surface area contributed by atoms with Crippen molar-refractivity contribution in [2.24, 2.45) is 0 Å². The van der Waals surface area contributed by atoms with Gasteiger partial charge >= 0.3 is 0 Å². The molecule has 0 radical (unpaired) electrons. The van der Waals surface area contributed by atoms with E-state index in [1.54, 1.807) is 7.11 Å². The Morgan fingerprint density at radius 2 is 2.00 bits per heavy atom. The van der Waals surface area contributed by atoms with Gasteiger partial charge in [0.15, 0.2) is 0 Å². The minimum absolute atomic E-state index is 0.0119. The Bertz CT molecular complexity index is 369. The molecule has 17 heavy (non-hydrogen) atoms. The fourth-order valence-electron chi connectivity index (χ4n) is 1.79. The summed E-state index contributed by atoms with van der Waals surface area (Å²) in [6, 6.07) is 5.81. The van der Waals surface area contributed by atoms with E-state index in [0.29, 0.717) is 12.3 Å². The zero-order valence-electron chi connectivity index (χ0n) is 11.0. The Kier molecular flexibility index (Phi) is 4.84. The number of rotatable bonds is 4.